The Morgan fingerprint density at radius 3 is 2.11 bits per heavy atom. The summed E-state index contributed by atoms with van der Waals surface area (Å²) in [7, 11) is 2.58. The van der Waals surface area contributed by atoms with E-state index in [4.69, 9.17) is 23.9 Å². The number of nitrogens with one attached hydrogen (secondary N) is 5. The number of aromatic nitrogens is 2. The van der Waals surface area contributed by atoms with Crippen molar-refractivity contribution in [3.63, 3.8) is 0 Å². The van der Waals surface area contributed by atoms with Crippen molar-refractivity contribution in [1.29, 1.82) is 0 Å². The number of methoxy groups -OCH3 is 2. The van der Waals surface area contributed by atoms with Gasteiger partial charge >= 0.3 is 12.2 Å². The summed E-state index contributed by atoms with van der Waals surface area (Å²) in [6.45, 7) is 9.27. The molecule has 382 valence electrons. The zero-order valence-corrected chi connectivity index (χ0v) is 42.1. The van der Waals surface area contributed by atoms with Crippen LogP contribution >= 0.6 is 0 Å². The average Bonchev–Trinajstić information content (AvgIpc) is 4.25. The number of fused-ring (bicyclic) bond motifs is 2. The van der Waals surface area contributed by atoms with Crippen LogP contribution in [0.5, 0.6) is 0 Å². The van der Waals surface area contributed by atoms with E-state index in [1.54, 1.807) is 4.90 Å². The van der Waals surface area contributed by atoms with Crippen LogP contribution in [0.1, 0.15) is 126 Å². The molecule has 6 fully saturated rings. The van der Waals surface area contributed by atoms with Crippen LogP contribution in [-0.4, -0.2) is 126 Å². The third kappa shape index (κ3) is 9.42. The van der Waals surface area contributed by atoms with Crippen LogP contribution in [0, 0.1) is 23.2 Å². The molecule has 4 saturated heterocycles. The first-order valence-corrected chi connectivity index (χ1v) is 26.1. The molecule has 4 unspecified atom stereocenters. The van der Waals surface area contributed by atoms with Gasteiger partial charge in [-0.25, -0.2) is 14.6 Å². The molecule has 17 nitrogen and oxygen atoms in total. The van der Waals surface area contributed by atoms with Crippen molar-refractivity contribution in [2.75, 3.05) is 40.5 Å². The molecule has 3 aromatic rings. The molecule has 0 radical (unpaired) electrons. The van der Waals surface area contributed by atoms with Gasteiger partial charge in [0, 0.05) is 19.0 Å². The first-order valence-electron chi connectivity index (χ1n) is 26.1. The second kappa shape index (κ2) is 19.8. The quantitative estimate of drug-likeness (QED) is 0.141. The molecule has 2 spiro atoms. The lowest BCUT2D eigenvalue weighted by Crippen LogP contribution is -2.68. The minimum absolute atomic E-state index is 0.0220. The molecule has 10 rings (SSSR count). The van der Waals surface area contributed by atoms with Crippen molar-refractivity contribution in [3.8, 4) is 22.4 Å². The molecule has 7 aliphatic rings. The lowest BCUT2D eigenvalue weighted by atomic mass is 9.72. The highest BCUT2D eigenvalue weighted by Gasteiger charge is 2.53. The number of carbonyl (C=O) groups excluding carboxylic acids is 5. The number of amides is 5. The Kier molecular flexibility index (Phi) is 13.7. The number of rotatable bonds is 11. The number of ether oxygens (including phenoxy) is 4. The van der Waals surface area contributed by atoms with Gasteiger partial charge in [0.2, 0.25) is 17.7 Å². The van der Waals surface area contributed by atoms with Gasteiger partial charge in [-0.1, -0.05) is 76.9 Å². The fourth-order valence-electron chi connectivity index (χ4n) is 13.4. The molecule has 4 aliphatic heterocycles. The molecule has 2 aromatic carbocycles. The second-order valence-corrected chi connectivity index (χ2v) is 22.1. The van der Waals surface area contributed by atoms with Gasteiger partial charge in [-0.2, -0.15) is 0 Å². The smallest absolute Gasteiger partial charge is 0.407 e. The summed E-state index contributed by atoms with van der Waals surface area (Å²) >= 11 is 0. The van der Waals surface area contributed by atoms with Gasteiger partial charge in [0.25, 0.3) is 0 Å². The number of likely N-dealkylation sites (tertiary alicyclic amines) is 2. The number of hydrogen-bond donors (Lipinski definition) is 5. The Bertz CT molecular complexity index is 2500. The van der Waals surface area contributed by atoms with Crippen LogP contribution in [0.2, 0.25) is 0 Å². The van der Waals surface area contributed by atoms with Crippen LogP contribution < -0.4 is 21.3 Å². The largest absolute Gasteiger partial charge is 0.453 e. The standard InChI is InChI=1S/C54H72N8O9/c1-30(2)44(58-51(66)68-5)49(64)61-21-9-10-42(61)47-56-40-18-15-34(24-37(40)48(63)60-47)36-17-16-35(38-25-53(26-39(36)38)19-7-8-20-53)32-11-13-33(14-12-32)41-28-55-46(57-41)43-27-54(70-22-23-71-54)29-62(43)50(65)45(31(3)4)59-52(67)69-6/h11-14,16-17,28,30-31,34,37,40,42-45,47,56H,7-10,15,18-27,29H2,1-6H3,(H,55,57)(H,58,66)(H,59,67)(H,60,63)/t34?,37?,40?,42-,43-,44-,45-,47?/m0/s1. The molecular formula is C54H72N8O9. The predicted octanol–water partition coefficient (Wildman–Crippen LogP) is 6.47. The number of H-pyrrole nitrogens is 1. The van der Waals surface area contributed by atoms with Gasteiger partial charge in [-0.15, -0.1) is 0 Å². The summed E-state index contributed by atoms with van der Waals surface area (Å²) in [5.41, 5.74) is 8.88. The van der Waals surface area contributed by atoms with Gasteiger partial charge in [-0.05, 0) is 114 Å². The van der Waals surface area contributed by atoms with Crippen molar-refractivity contribution >= 4 is 29.9 Å². The molecule has 71 heavy (non-hydrogen) atoms. The van der Waals surface area contributed by atoms with Crippen LogP contribution in [0.4, 0.5) is 9.59 Å². The number of nitrogens with zero attached hydrogens (tertiary/aromatic N) is 3. The number of alkyl carbamates (subject to hydrolysis) is 2. The zero-order chi connectivity index (χ0) is 49.8. The summed E-state index contributed by atoms with van der Waals surface area (Å²) in [6.07, 6.45) is 12.0. The maximum Gasteiger partial charge on any atom is 0.407 e. The number of imidazole rings is 1. The SMILES string of the molecule is COC(=O)N[C@H](C(=O)N1CC2(C[C@H]1c1ncc(-c3ccc(-c4ccc(C5CCC6NC([C@@H]7CCCN7C(=O)[C@@H](NC(=O)OC)C(C)C)NC(=O)C6C5)c5c4CC4(CCCC4)C5)cc3)[nH]1)OCCO2)C(C)C. The third-order valence-corrected chi connectivity index (χ3v) is 17.1. The zero-order valence-electron chi connectivity index (χ0n) is 42.1. The Hall–Kier alpha value is -5.52. The van der Waals surface area contributed by atoms with Gasteiger partial charge in [0.05, 0.1) is 63.9 Å². The van der Waals surface area contributed by atoms with E-state index in [-0.39, 0.29) is 71.6 Å². The average molecular weight is 977 g/mol. The van der Waals surface area contributed by atoms with Crippen molar-refractivity contribution < 1.29 is 42.9 Å². The predicted molar refractivity (Wildman–Crippen MR) is 263 cm³/mol. The number of aromatic amines is 1. The normalized spacial score (nSPS) is 27.2. The third-order valence-electron chi connectivity index (χ3n) is 17.1. The molecule has 0 bridgehead atoms. The van der Waals surface area contributed by atoms with Crippen molar-refractivity contribution in [2.45, 2.75) is 153 Å². The summed E-state index contributed by atoms with van der Waals surface area (Å²) in [5, 5.41) is 12.6. The molecular weight excluding hydrogens is 905 g/mol. The monoisotopic (exact) mass is 977 g/mol. The number of hydrogen-bond acceptors (Lipinski definition) is 11. The molecule has 8 atom stereocenters. The van der Waals surface area contributed by atoms with E-state index >= 15 is 0 Å². The molecule has 5 N–H and O–H groups in total. The minimum atomic E-state index is -0.938. The molecule has 3 aliphatic carbocycles. The van der Waals surface area contributed by atoms with Crippen molar-refractivity contribution in [1.82, 2.24) is 41.0 Å². The van der Waals surface area contributed by atoms with Gasteiger partial charge < -0.3 is 49.7 Å². The number of benzene rings is 2. The van der Waals surface area contributed by atoms with E-state index in [1.807, 2.05) is 38.8 Å². The lowest BCUT2D eigenvalue weighted by Gasteiger charge is -2.46. The highest BCUT2D eigenvalue weighted by Crippen LogP contribution is 2.54. The molecule has 1 aromatic heterocycles. The van der Waals surface area contributed by atoms with Crippen molar-refractivity contribution in [3.05, 3.63) is 65.1 Å². The van der Waals surface area contributed by atoms with E-state index in [0.717, 1.165) is 56.2 Å². The van der Waals surface area contributed by atoms with Crippen LogP contribution in [-0.2, 0) is 46.2 Å². The highest BCUT2D eigenvalue weighted by atomic mass is 16.7. The maximum absolute atomic E-state index is 14.2. The fourth-order valence-corrected chi connectivity index (χ4v) is 13.4. The van der Waals surface area contributed by atoms with Crippen LogP contribution in [0.3, 0.4) is 0 Å². The van der Waals surface area contributed by atoms with Gasteiger partial charge in [0.1, 0.15) is 24.1 Å². The van der Waals surface area contributed by atoms with E-state index in [1.165, 1.54) is 67.7 Å². The lowest BCUT2D eigenvalue weighted by molar-refractivity contribution is -0.153. The topological polar surface area (TPSA) is 206 Å². The molecule has 17 heteroatoms. The van der Waals surface area contributed by atoms with Crippen LogP contribution in [0.15, 0.2) is 42.6 Å². The summed E-state index contributed by atoms with van der Waals surface area (Å²) in [6, 6.07) is 11.2. The fraction of sp³-hybridized carbons (Fsp3) is 0.630. The Labute approximate surface area is 416 Å². The Morgan fingerprint density at radius 1 is 0.803 bits per heavy atom. The van der Waals surface area contributed by atoms with E-state index in [9.17, 15) is 24.0 Å². The van der Waals surface area contributed by atoms with Gasteiger partial charge in [0.15, 0.2) is 5.79 Å². The first-order chi connectivity index (χ1) is 34.2. The van der Waals surface area contributed by atoms with E-state index < -0.39 is 36.1 Å². The Balaban J connectivity index is 0.853. The van der Waals surface area contributed by atoms with E-state index in [2.05, 4.69) is 62.6 Å². The minimum Gasteiger partial charge on any atom is -0.453 e. The molecule has 2 saturated carbocycles. The van der Waals surface area contributed by atoms with E-state index in [0.29, 0.717) is 32.0 Å². The van der Waals surface area contributed by atoms with Gasteiger partial charge in [-0.3, -0.25) is 19.7 Å². The summed E-state index contributed by atoms with van der Waals surface area (Å²) < 4.78 is 21.9. The first kappa shape index (κ1) is 49.1. The summed E-state index contributed by atoms with van der Waals surface area (Å²) in [4.78, 5) is 78.5. The Morgan fingerprint density at radius 2 is 1.45 bits per heavy atom. The second-order valence-electron chi connectivity index (χ2n) is 22.1. The number of carbonyl (C=O) groups is 5. The maximum atomic E-state index is 14.2. The van der Waals surface area contributed by atoms with Crippen molar-refractivity contribution in [2.24, 2.45) is 23.2 Å². The molecule has 5 heterocycles. The highest BCUT2D eigenvalue weighted by molar-refractivity contribution is 5.88. The molecule has 5 amide bonds. The summed E-state index contributed by atoms with van der Waals surface area (Å²) in [5.74, 6) is -0.872. The van der Waals surface area contributed by atoms with Crippen LogP contribution in [0.25, 0.3) is 22.4 Å².